The number of carbonyl (C=O) groups is 2. The van der Waals surface area contributed by atoms with Gasteiger partial charge in [-0.25, -0.2) is 0 Å². The van der Waals surface area contributed by atoms with Gasteiger partial charge in [0.25, 0.3) is 0 Å². The van der Waals surface area contributed by atoms with Crippen LogP contribution in [0.15, 0.2) is 0 Å². The fraction of sp³-hybridized carbons (Fsp3) is 0.920. The second-order valence-corrected chi connectivity index (χ2v) is 9.61. The molecule has 0 heterocycles. The molecule has 0 aliphatic heterocycles. The Balaban J connectivity index is 3.36. The molecule has 0 rings (SSSR count). The third-order valence-electron chi connectivity index (χ3n) is 5.99. The molecule has 0 aliphatic rings. The van der Waals surface area contributed by atoms with E-state index in [0.29, 0.717) is 18.3 Å². The normalized spacial score (nSPS) is 11.7. The molecule has 0 aromatic heterocycles. The molecule has 0 amide bonds. The Labute approximate surface area is 179 Å². The van der Waals surface area contributed by atoms with Crippen LogP contribution in [0.1, 0.15) is 142 Å². The minimum absolute atomic E-state index is 0.323. The lowest BCUT2D eigenvalue weighted by Gasteiger charge is -2.24. The zero-order valence-electron chi connectivity index (χ0n) is 19.4. The number of carboxylic acids is 2. The van der Waals surface area contributed by atoms with Gasteiger partial charge >= 0.3 is 11.9 Å². The predicted octanol–water partition coefficient (Wildman–Crippen LogP) is 7.98. The minimum Gasteiger partial charge on any atom is -0.481 e. The highest BCUT2D eigenvalue weighted by Crippen LogP contribution is 2.30. The first-order valence-corrected chi connectivity index (χ1v) is 12.3. The number of rotatable bonds is 22. The number of carboxylic acid groups (broad SMARTS) is 2. The van der Waals surface area contributed by atoms with E-state index in [4.69, 9.17) is 10.2 Å². The van der Waals surface area contributed by atoms with Gasteiger partial charge in [-0.1, -0.05) is 104 Å². The quantitative estimate of drug-likeness (QED) is 0.177. The molecule has 0 bridgehead atoms. The first kappa shape index (κ1) is 27.9. The van der Waals surface area contributed by atoms with Crippen molar-refractivity contribution in [2.75, 3.05) is 0 Å². The van der Waals surface area contributed by atoms with E-state index < -0.39 is 11.9 Å². The highest BCUT2D eigenvalue weighted by molar-refractivity contribution is 5.66. The zero-order valence-corrected chi connectivity index (χ0v) is 19.4. The molecule has 4 nitrogen and oxygen atoms in total. The van der Waals surface area contributed by atoms with E-state index >= 15 is 0 Å². The standard InChI is InChI=1S/C25H48O4/c1-25(2,21-17-13-9-5-3-7-11-15-19-23(26)27)22-18-14-10-6-4-8-12-16-20-24(28)29/h3-22H2,1-2H3,(H,26,27)(H,28,29). The van der Waals surface area contributed by atoms with Gasteiger partial charge in [0, 0.05) is 12.8 Å². The Morgan fingerprint density at radius 1 is 0.483 bits per heavy atom. The van der Waals surface area contributed by atoms with Crippen molar-refractivity contribution < 1.29 is 19.8 Å². The van der Waals surface area contributed by atoms with Gasteiger partial charge in [0.05, 0.1) is 0 Å². The van der Waals surface area contributed by atoms with Crippen LogP contribution in [0.2, 0.25) is 0 Å². The van der Waals surface area contributed by atoms with Gasteiger partial charge in [0.1, 0.15) is 0 Å². The van der Waals surface area contributed by atoms with Gasteiger partial charge in [-0.3, -0.25) is 9.59 Å². The summed E-state index contributed by atoms with van der Waals surface area (Å²) >= 11 is 0. The number of hydrogen-bond donors (Lipinski definition) is 2. The maximum absolute atomic E-state index is 10.4. The van der Waals surface area contributed by atoms with Crippen molar-refractivity contribution in [3.63, 3.8) is 0 Å². The molecule has 0 aliphatic carbocycles. The largest absolute Gasteiger partial charge is 0.481 e. The van der Waals surface area contributed by atoms with Crippen molar-refractivity contribution in [3.8, 4) is 0 Å². The predicted molar refractivity (Wildman–Crippen MR) is 121 cm³/mol. The van der Waals surface area contributed by atoms with Crippen molar-refractivity contribution in [3.05, 3.63) is 0 Å². The van der Waals surface area contributed by atoms with Gasteiger partial charge in [-0.2, -0.15) is 0 Å². The molecule has 0 unspecified atom stereocenters. The summed E-state index contributed by atoms with van der Waals surface area (Å²) in [7, 11) is 0. The lowest BCUT2D eigenvalue weighted by Crippen LogP contribution is -2.11. The Morgan fingerprint density at radius 3 is 1.00 bits per heavy atom. The van der Waals surface area contributed by atoms with Gasteiger partial charge in [0.15, 0.2) is 0 Å². The van der Waals surface area contributed by atoms with Crippen molar-refractivity contribution in [2.45, 2.75) is 142 Å². The Kier molecular flexibility index (Phi) is 18.2. The second kappa shape index (κ2) is 18.9. The maximum atomic E-state index is 10.4. The number of unbranched alkanes of at least 4 members (excludes halogenated alkanes) is 14. The van der Waals surface area contributed by atoms with Crippen LogP contribution < -0.4 is 0 Å². The topological polar surface area (TPSA) is 74.6 Å². The Bertz CT molecular complexity index is 368. The van der Waals surface area contributed by atoms with E-state index in [1.165, 1.54) is 89.9 Å². The van der Waals surface area contributed by atoms with Crippen LogP contribution in [0, 0.1) is 5.41 Å². The maximum Gasteiger partial charge on any atom is 0.303 e. The third-order valence-corrected chi connectivity index (χ3v) is 5.99. The van der Waals surface area contributed by atoms with E-state index in [-0.39, 0.29) is 0 Å². The summed E-state index contributed by atoms with van der Waals surface area (Å²) in [6, 6.07) is 0. The van der Waals surface area contributed by atoms with Crippen LogP contribution >= 0.6 is 0 Å². The molecule has 4 heteroatoms. The van der Waals surface area contributed by atoms with Crippen LogP contribution in [0.25, 0.3) is 0 Å². The molecular weight excluding hydrogens is 364 g/mol. The lowest BCUT2D eigenvalue weighted by atomic mass is 9.82. The highest BCUT2D eigenvalue weighted by atomic mass is 16.4. The first-order chi connectivity index (χ1) is 13.8. The van der Waals surface area contributed by atoms with E-state index in [1.807, 2.05) is 0 Å². The van der Waals surface area contributed by atoms with Gasteiger partial charge < -0.3 is 10.2 Å². The van der Waals surface area contributed by atoms with E-state index in [9.17, 15) is 9.59 Å². The van der Waals surface area contributed by atoms with Crippen LogP contribution in [-0.4, -0.2) is 22.2 Å². The van der Waals surface area contributed by atoms with E-state index in [1.54, 1.807) is 0 Å². The molecule has 2 N–H and O–H groups in total. The Morgan fingerprint density at radius 2 is 0.724 bits per heavy atom. The van der Waals surface area contributed by atoms with Crippen LogP contribution in [0.5, 0.6) is 0 Å². The molecule has 0 fully saturated rings. The summed E-state index contributed by atoms with van der Waals surface area (Å²) in [4.78, 5) is 20.9. The molecule has 0 radical (unpaired) electrons. The molecule has 0 aromatic carbocycles. The molecular formula is C25H48O4. The van der Waals surface area contributed by atoms with Crippen molar-refractivity contribution >= 4 is 11.9 Å². The summed E-state index contributed by atoms with van der Waals surface area (Å²) in [6.07, 6.45) is 22.5. The van der Waals surface area contributed by atoms with Crippen molar-refractivity contribution in [1.29, 1.82) is 0 Å². The fourth-order valence-electron chi connectivity index (χ4n) is 4.01. The second-order valence-electron chi connectivity index (χ2n) is 9.61. The zero-order chi connectivity index (χ0) is 21.8. The average Bonchev–Trinajstić information content (AvgIpc) is 2.64. The third kappa shape index (κ3) is 23.1. The summed E-state index contributed by atoms with van der Waals surface area (Å²) in [5, 5.41) is 17.2. The molecule has 0 saturated carbocycles. The first-order valence-electron chi connectivity index (χ1n) is 12.3. The molecule has 0 atom stereocenters. The molecule has 172 valence electrons. The SMILES string of the molecule is CC(C)(CCCCCCCCCCC(=O)O)CCCCCCCCCCC(=O)O. The van der Waals surface area contributed by atoms with Gasteiger partial charge in [0.2, 0.25) is 0 Å². The van der Waals surface area contributed by atoms with E-state index in [2.05, 4.69) is 13.8 Å². The average molecular weight is 413 g/mol. The smallest absolute Gasteiger partial charge is 0.303 e. The Hall–Kier alpha value is -1.06. The lowest BCUT2D eigenvalue weighted by molar-refractivity contribution is -0.138. The molecule has 0 aromatic rings. The van der Waals surface area contributed by atoms with Gasteiger partial charge in [-0.05, 0) is 31.1 Å². The van der Waals surface area contributed by atoms with Crippen molar-refractivity contribution in [1.82, 2.24) is 0 Å². The highest BCUT2D eigenvalue weighted by Gasteiger charge is 2.16. The van der Waals surface area contributed by atoms with Crippen LogP contribution in [0.4, 0.5) is 0 Å². The van der Waals surface area contributed by atoms with Crippen LogP contribution in [0.3, 0.4) is 0 Å². The van der Waals surface area contributed by atoms with Gasteiger partial charge in [-0.15, -0.1) is 0 Å². The summed E-state index contributed by atoms with van der Waals surface area (Å²) in [5.74, 6) is -1.34. The summed E-state index contributed by atoms with van der Waals surface area (Å²) in [6.45, 7) is 4.83. The van der Waals surface area contributed by atoms with Crippen molar-refractivity contribution in [2.24, 2.45) is 5.41 Å². The summed E-state index contributed by atoms with van der Waals surface area (Å²) < 4.78 is 0. The van der Waals surface area contributed by atoms with Crippen LogP contribution in [-0.2, 0) is 9.59 Å². The molecule has 0 saturated heterocycles. The molecule has 29 heavy (non-hydrogen) atoms. The number of hydrogen-bond acceptors (Lipinski definition) is 2. The number of aliphatic carboxylic acids is 2. The monoisotopic (exact) mass is 412 g/mol. The fourth-order valence-corrected chi connectivity index (χ4v) is 4.01. The minimum atomic E-state index is -0.669. The summed E-state index contributed by atoms with van der Waals surface area (Å²) in [5.41, 5.74) is 0.466. The molecule has 0 spiro atoms. The van der Waals surface area contributed by atoms with E-state index in [0.717, 1.165) is 25.7 Å².